The first-order valence-electron chi connectivity index (χ1n) is 5.48. The Morgan fingerprint density at radius 3 is 2.24 bits per heavy atom. The fourth-order valence-corrected chi connectivity index (χ4v) is 1.89. The molecule has 92 valence electrons. The van der Waals surface area contributed by atoms with E-state index in [0.29, 0.717) is 26.2 Å². The molecule has 2 aliphatic rings. The van der Waals surface area contributed by atoms with Gasteiger partial charge >= 0.3 is 0 Å². The van der Waals surface area contributed by atoms with Crippen LogP contribution in [0.15, 0.2) is 5.10 Å². The summed E-state index contributed by atoms with van der Waals surface area (Å²) in [7, 11) is 0. The van der Waals surface area contributed by atoms with Crippen molar-refractivity contribution in [1.82, 2.24) is 15.2 Å². The molecule has 1 fully saturated rings. The lowest BCUT2D eigenvalue weighted by Gasteiger charge is -2.34. The topological polar surface area (TPSA) is 82.1 Å². The van der Waals surface area contributed by atoms with E-state index in [1.807, 2.05) is 0 Å². The predicted molar refractivity (Wildman–Crippen MR) is 59.0 cm³/mol. The average Bonchev–Trinajstić information content (AvgIpc) is 2.75. The largest absolute Gasteiger partial charge is 0.339 e. The molecule has 0 radical (unpaired) electrons. The van der Waals surface area contributed by atoms with Gasteiger partial charge in [0.25, 0.3) is 5.91 Å². The van der Waals surface area contributed by atoms with Crippen molar-refractivity contribution in [2.24, 2.45) is 5.10 Å². The highest BCUT2D eigenvalue weighted by Crippen LogP contribution is 2.06. The zero-order chi connectivity index (χ0) is 12.4. The maximum absolute atomic E-state index is 11.9. The van der Waals surface area contributed by atoms with Crippen LogP contribution in [0.5, 0.6) is 0 Å². The number of hydrogen-bond donors (Lipinski definition) is 1. The molecule has 0 aromatic heterocycles. The molecule has 2 rings (SSSR count). The van der Waals surface area contributed by atoms with E-state index < -0.39 is 0 Å². The quantitative estimate of drug-likeness (QED) is 0.607. The van der Waals surface area contributed by atoms with Crippen molar-refractivity contribution in [3.05, 3.63) is 0 Å². The van der Waals surface area contributed by atoms with Crippen molar-refractivity contribution < 1.29 is 14.4 Å². The van der Waals surface area contributed by atoms with E-state index >= 15 is 0 Å². The maximum Gasteiger partial charge on any atom is 0.270 e. The van der Waals surface area contributed by atoms with Gasteiger partial charge in [0.2, 0.25) is 11.8 Å². The monoisotopic (exact) mass is 238 g/mol. The number of rotatable bonds is 1. The van der Waals surface area contributed by atoms with Crippen LogP contribution >= 0.6 is 0 Å². The molecule has 3 amide bonds. The van der Waals surface area contributed by atoms with Gasteiger partial charge in [-0.25, -0.2) is 5.43 Å². The second kappa shape index (κ2) is 4.52. The highest BCUT2D eigenvalue weighted by atomic mass is 16.2. The smallest absolute Gasteiger partial charge is 0.270 e. The molecular weight excluding hydrogens is 224 g/mol. The lowest BCUT2D eigenvalue weighted by Crippen LogP contribution is -2.51. The molecule has 0 saturated carbocycles. The van der Waals surface area contributed by atoms with Gasteiger partial charge in [0.15, 0.2) is 0 Å². The van der Waals surface area contributed by atoms with Gasteiger partial charge in [-0.2, -0.15) is 5.10 Å². The summed E-state index contributed by atoms with van der Waals surface area (Å²) in [5, 5.41) is 3.69. The lowest BCUT2D eigenvalue weighted by atomic mass is 10.2. The maximum atomic E-state index is 11.9. The van der Waals surface area contributed by atoms with E-state index in [2.05, 4.69) is 10.5 Å². The summed E-state index contributed by atoms with van der Waals surface area (Å²) < 4.78 is 0. The fourth-order valence-electron chi connectivity index (χ4n) is 1.89. The van der Waals surface area contributed by atoms with Gasteiger partial charge in [-0.3, -0.25) is 14.4 Å². The number of carbonyl (C=O) groups excluding carboxylic acids is 3. The van der Waals surface area contributed by atoms with Crippen LogP contribution in [-0.4, -0.2) is 59.4 Å². The van der Waals surface area contributed by atoms with Gasteiger partial charge in [-0.05, 0) is 0 Å². The molecule has 0 bridgehead atoms. The first-order valence-corrected chi connectivity index (χ1v) is 5.48. The molecule has 0 aliphatic carbocycles. The first-order chi connectivity index (χ1) is 8.08. The second-order valence-corrected chi connectivity index (χ2v) is 4.07. The number of amides is 3. The van der Waals surface area contributed by atoms with Crippen molar-refractivity contribution >= 4 is 23.4 Å². The van der Waals surface area contributed by atoms with Gasteiger partial charge in [0, 0.05) is 33.1 Å². The summed E-state index contributed by atoms with van der Waals surface area (Å²) in [6, 6.07) is 0. The predicted octanol–water partition coefficient (Wildman–Crippen LogP) is -1.45. The van der Waals surface area contributed by atoms with E-state index in [1.54, 1.807) is 9.80 Å². The zero-order valence-corrected chi connectivity index (χ0v) is 9.60. The van der Waals surface area contributed by atoms with Crippen molar-refractivity contribution in [1.29, 1.82) is 0 Å². The minimum Gasteiger partial charge on any atom is -0.339 e. The van der Waals surface area contributed by atoms with Crippen molar-refractivity contribution in [3.63, 3.8) is 0 Å². The number of carbonyl (C=O) groups is 3. The zero-order valence-electron chi connectivity index (χ0n) is 9.60. The van der Waals surface area contributed by atoms with Gasteiger partial charge in [-0.15, -0.1) is 0 Å². The fraction of sp³-hybridized carbons (Fsp3) is 0.600. The van der Waals surface area contributed by atoms with Crippen LogP contribution in [0.3, 0.4) is 0 Å². The Hall–Kier alpha value is -1.92. The summed E-state index contributed by atoms with van der Waals surface area (Å²) in [6.07, 6.45) is 0.0474. The van der Waals surface area contributed by atoms with Crippen molar-refractivity contribution in [3.8, 4) is 0 Å². The number of piperazine rings is 1. The highest BCUT2D eigenvalue weighted by molar-refractivity contribution is 6.43. The third-order valence-electron chi connectivity index (χ3n) is 2.90. The number of nitrogens with zero attached hydrogens (tertiary/aromatic N) is 3. The molecule has 0 aromatic carbocycles. The molecule has 2 heterocycles. The number of hydrazone groups is 1. The standard InChI is InChI=1S/C10H14N4O3/c1-7(15)13-2-4-14(5-3-13)10(17)8-6-9(16)12-11-8/h2-6H2,1H3,(H,12,16). The third kappa shape index (κ3) is 2.43. The molecule has 0 atom stereocenters. The summed E-state index contributed by atoms with van der Waals surface area (Å²) in [4.78, 5) is 37.3. The number of hydrogen-bond acceptors (Lipinski definition) is 4. The molecule has 7 nitrogen and oxygen atoms in total. The molecule has 0 aromatic rings. The Balaban J connectivity index is 1.91. The van der Waals surface area contributed by atoms with Crippen LogP contribution in [-0.2, 0) is 14.4 Å². The second-order valence-electron chi connectivity index (χ2n) is 4.07. The van der Waals surface area contributed by atoms with Gasteiger partial charge in [-0.1, -0.05) is 0 Å². The molecule has 17 heavy (non-hydrogen) atoms. The SMILES string of the molecule is CC(=O)N1CCN(C(=O)C2=NNC(=O)C2)CC1. The van der Waals surface area contributed by atoms with Crippen LogP contribution in [0, 0.1) is 0 Å². The van der Waals surface area contributed by atoms with Gasteiger partial charge in [0.1, 0.15) is 5.71 Å². The Labute approximate surface area is 98.4 Å². The Morgan fingerprint density at radius 1 is 1.18 bits per heavy atom. The first kappa shape index (κ1) is 11.6. The minimum atomic E-state index is -0.254. The molecule has 0 unspecified atom stereocenters. The third-order valence-corrected chi connectivity index (χ3v) is 2.90. The van der Waals surface area contributed by atoms with Crippen molar-refractivity contribution in [2.75, 3.05) is 26.2 Å². The van der Waals surface area contributed by atoms with E-state index in [-0.39, 0.29) is 29.9 Å². The minimum absolute atomic E-state index is 0.0205. The normalized spacial score (nSPS) is 20.1. The van der Waals surface area contributed by atoms with Crippen molar-refractivity contribution in [2.45, 2.75) is 13.3 Å². The van der Waals surface area contributed by atoms with E-state index in [4.69, 9.17) is 0 Å². The van der Waals surface area contributed by atoms with E-state index in [0.717, 1.165) is 0 Å². The molecular formula is C10H14N4O3. The van der Waals surface area contributed by atoms with E-state index in [9.17, 15) is 14.4 Å². The van der Waals surface area contributed by atoms with Crippen LogP contribution in [0.4, 0.5) is 0 Å². The molecule has 1 saturated heterocycles. The lowest BCUT2D eigenvalue weighted by molar-refractivity contribution is -0.134. The molecule has 7 heteroatoms. The summed E-state index contributed by atoms with van der Waals surface area (Å²) in [6.45, 7) is 3.57. The van der Waals surface area contributed by atoms with Crippen LogP contribution < -0.4 is 5.43 Å². The average molecular weight is 238 g/mol. The van der Waals surface area contributed by atoms with Crippen LogP contribution in [0.2, 0.25) is 0 Å². The summed E-state index contributed by atoms with van der Waals surface area (Å²) >= 11 is 0. The molecule has 1 N–H and O–H groups in total. The summed E-state index contributed by atoms with van der Waals surface area (Å²) in [5.41, 5.74) is 2.51. The summed E-state index contributed by atoms with van der Waals surface area (Å²) in [5.74, 6) is -0.450. The molecule has 2 aliphatic heterocycles. The van der Waals surface area contributed by atoms with Crippen LogP contribution in [0.1, 0.15) is 13.3 Å². The Bertz CT molecular complexity index is 396. The number of nitrogens with one attached hydrogen (secondary N) is 1. The van der Waals surface area contributed by atoms with E-state index in [1.165, 1.54) is 6.92 Å². The van der Waals surface area contributed by atoms with Gasteiger partial charge < -0.3 is 9.80 Å². The Kier molecular flexibility index (Phi) is 3.08. The van der Waals surface area contributed by atoms with Crippen LogP contribution in [0.25, 0.3) is 0 Å². The molecule has 0 spiro atoms. The highest BCUT2D eigenvalue weighted by Gasteiger charge is 2.28. The van der Waals surface area contributed by atoms with Gasteiger partial charge in [0.05, 0.1) is 6.42 Å². The Morgan fingerprint density at radius 2 is 1.76 bits per heavy atom.